The number of benzene rings is 1. The van der Waals surface area contributed by atoms with Crippen LogP contribution in [-0.2, 0) is 0 Å². The van der Waals surface area contributed by atoms with Crippen molar-refractivity contribution < 1.29 is 5.11 Å². The Hall–Kier alpha value is -1.81. The van der Waals surface area contributed by atoms with Crippen molar-refractivity contribution >= 4 is 22.1 Å². The van der Waals surface area contributed by atoms with E-state index in [1.54, 1.807) is 26.2 Å². The van der Waals surface area contributed by atoms with E-state index in [0.29, 0.717) is 5.69 Å². The number of aliphatic hydroxyl groups is 1. The van der Waals surface area contributed by atoms with Crippen LogP contribution in [0, 0.1) is 0 Å². The van der Waals surface area contributed by atoms with Crippen molar-refractivity contribution in [2.45, 2.75) is 38.8 Å². The van der Waals surface area contributed by atoms with Gasteiger partial charge in [0.1, 0.15) is 0 Å². The normalized spacial score (nSPS) is 12.7. The molecule has 0 saturated carbocycles. The Morgan fingerprint density at radius 2 is 1.84 bits per heavy atom. The molecule has 2 rings (SSSR count). The maximum atomic E-state index is 10.2. The molecule has 0 radical (unpaired) electrons. The number of hydrogen-bond donors (Lipinski definition) is 3. The van der Waals surface area contributed by atoms with Crippen LogP contribution in [0.25, 0.3) is 10.8 Å². The molecule has 0 unspecified atom stereocenters. The van der Waals surface area contributed by atoms with Crippen LogP contribution >= 0.6 is 0 Å². The standard InChI is InChI=1S/C15H21N3O/c1-14(2,15(3,4)19)18-12-6-5-10-9-17-8-7-11(10)13(12)16/h5-9,18-19H,16H2,1-4H3. The molecule has 0 aliphatic heterocycles. The molecule has 4 N–H and O–H groups in total. The van der Waals surface area contributed by atoms with E-state index < -0.39 is 11.1 Å². The predicted octanol–water partition coefficient (Wildman–Crippen LogP) is 2.78. The van der Waals surface area contributed by atoms with E-state index in [1.165, 1.54) is 0 Å². The summed E-state index contributed by atoms with van der Waals surface area (Å²) in [6, 6.07) is 5.79. The van der Waals surface area contributed by atoms with Crippen molar-refractivity contribution in [3.8, 4) is 0 Å². The molecule has 0 amide bonds. The van der Waals surface area contributed by atoms with Gasteiger partial charge >= 0.3 is 0 Å². The van der Waals surface area contributed by atoms with Crippen molar-refractivity contribution in [3.05, 3.63) is 30.6 Å². The zero-order valence-corrected chi connectivity index (χ0v) is 11.9. The molecule has 2 aromatic rings. The van der Waals surface area contributed by atoms with E-state index in [-0.39, 0.29) is 0 Å². The van der Waals surface area contributed by atoms with Crippen LogP contribution in [0.15, 0.2) is 30.6 Å². The van der Waals surface area contributed by atoms with E-state index in [4.69, 9.17) is 5.73 Å². The number of hydrogen-bond acceptors (Lipinski definition) is 4. The number of anilines is 2. The molecule has 102 valence electrons. The second-order valence-corrected chi connectivity index (χ2v) is 5.93. The minimum Gasteiger partial charge on any atom is -0.397 e. The zero-order valence-electron chi connectivity index (χ0n) is 11.9. The lowest BCUT2D eigenvalue weighted by Crippen LogP contribution is -2.51. The number of pyridine rings is 1. The molecule has 0 spiro atoms. The first kappa shape index (κ1) is 13.6. The highest BCUT2D eigenvalue weighted by molar-refractivity contribution is 5.98. The quantitative estimate of drug-likeness (QED) is 0.741. The molecular weight excluding hydrogens is 238 g/mol. The first-order valence-corrected chi connectivity index (χ1v) is 6.35. The SMILES string of the molecule is CC(C)(O)C(C)(C)Nc1ccc2cnccc2c1N. The van der Waals surface area contributed by atoms with Crippen molar-refractivity contribution in [1.82, 2.24) is 4.98 Å². The average molecular weight is 259 g/mol. The molecule has 1 aromatic carbocycles. The van der Waals surface area contributed by atoms with Crippen molar-refractivity contribution in [1.29, 1.82) is 0 Å². The highest BCUT2D eigenvalue weighted by Gasteiger charge is 2.35. The second-order valence-electron chi connectivity index (χ2n) is 5.93. The number of nitrogens with two attached hydrogens (primary N) is 1. The molecule has 0 bridgehead atoms. The first-order valence-electron chi connectivity index (χ1n) is 6.35. The maximum absolute atomic E-state index is 10.2. The van der Waals surface area contributed by atoms with Gasteiger partial charge < -0.3 is 16.2 Å². The van der Waals surface area contributed by atoms with Gasteiger partial charge in [0.2, 0.25) is 0 Å². The smallest absolute Gasteiger partial charge is 0.0814 e. The van der Waals surface area contributed by atoms with Gasteiger partial charge in [0.25, 0.3) is 0 Å². The van der Waals surface area contributed by atoms with Crippen LogP contribution in [-0.4, -0.2) is 21.2 Å². The van der Waals surface area contributed by atoms with Gasteiger partial charge in [-0.25, -0.2) is 0 Å². The van der Waals surface area contributed by atoms with Crippen LogP contribution < -0.4 is 11.1 Å². The summed E-state index contributed by atoms with van der Waals surface area (Å²) >= 11 is 0. The summed E-state index contributed by atoms with van der Waals surface area (Å²) in [5.41, 5.74) is 6.33. The number of nitrogens with one attached hydrogen (secondary N) is 1. The third-order valence-corrected chi connectivity index (χ3v) is 3.84. The van der Waals surface area contributed by atoms with E-state index in [2.05, 4.69) is 10.3 Å². The number of rotatable bonds is 3. The molecule has 1 aromatic heterocycles. The lowest BCUT2D eigenvalue weighted by molar-refractivity contribution is 0.0241. The molecule has 1 heterocycles. The lowest BCUT2D eigenvalue weighted by Gasteiger charge is -2.39. The third kappa shape index (κ3) is 2.49. The van der Waals surface area contributed by atoms with Gasteiger partial charge in [-0.3, -0.25) is 4.98 Å². The van der Waals surface area contributed by atoms with Crippen LogP contribution in [0.4, 0.5) is 11.4 Å². The Balaban J connectivity index is 2.45. The monoisotopic (exact) mass is 259 g/mol. The zero-order chi connectivity index (χ0) is 14.3. The lowest BCUT2D eigenvalue weighted by atomic mass is 9.85. The fraction of sp³-hybridized carbons (Fsp3) is 0.400. The number of nitrogen functional groups attached to an aromatic ring is 1. The summed E-state index contributed by atoms with van der Waals surface area (Å²) < 4.78 is 0. The van der Waals surface area contributed by atoms with Gasteiger partial charge in [-0.05, 0) is 39.8 Å². The number of aromatic nitrogens is 1. The van der Waals surface area contributed by atoms with E-state index in [9.17, 15) is 5.11 Å². The summed E-state index contributed by atoms with van der Waals surface area (Å²) in [6.45, 7) is 7.45. The Bertz CT molecular complexity index is 600. The average Bonchev–Trinajstić information content (AvgIpc) is 2.31. The summed E-state index contributed by atoms with van der Waals surface area (Å²) in [5.74, 6) is 0. The van der Waals surface area contributed by atoms with Gasteiger partial charge in [-0.15, -0.1) is 0 Å². The molecule has 4 nitrogen and oxygen atoms in total. The fourth-order valence-electron chi connectivity index (χ4n) is 1.79. The van der Waals surface area contributed by atoms with Crippen molar-refractivity contribution in [2.75, 3.05) is 11.1 Å². The minimum absolute atomic E-state index is 0.498. The number of nitrogens with zero attached hydrogens (tertiary/aromatic N) is 1. The Morgan fingerprint density at radius 3 is 2.47 bits per heavy atom. The van der Waals surface area contributed by atoms with Gasteiger partial charge in [0.15, 0.2) is 0 Å². The van der Waals surface area contributed by atoms with Gasteiger partial charge in [0, 0.05) is 23.2 Å². The minimum atomic E-state index is -0.868. The van der Waals surface area contributed by atoms with Gasteiger partial charge in [-0.2, -0.15) is 0 Å². The van der Waals surface area contributed by atoms with Crippen LogP contribution in [0.2, 0.25) is 0 Å². The van der Waals surface area contributed by atoms with Crippen LogP contribution in [0.5, 0.6) is 0 Å². The van der Waals surface area contributed by atoms with Gasteiger partial charge in [-0.1, -0.05) is 6.07 Å². The van der Waals surface area contributed by atoms with E-state index in [0.717, 1.165) is 16.5 Å². The largest absolute Gasteiger partial charge is 0.397 e. The third-order valence-electron chi connectivity index (χ3n) is 3.84. The second kappa shape index (κ2) is 4.38. The summed E-state index contributed by atoms with van der Waals surface area (Å²) in [7, 11) is 0. The van der Waals surface area contributed by atoms with E-state index >= 15 is 0 Å². The molecule has 0 aliphatic carbocycles. The van der Waals surface area contributed by atoms with Crippen LogP contribution in [0.3, 0.4) is 0 Å². The van der Waals surface area contributed by atoms with Crippen molar-refractivity contribution in [2.24, 2.45) is 0 Å². The highest BCUT2D eigenvalue weighted by atomic mass is 16.3. The fourth-order valence-corrected chi connectivity index (χ4v) is 1.79. The summed E-state index contributed by atoms with van der Waals surface area (Å²) in [5, 5.41) is 15.5. The first-order chi connectivity index (χ1) is 8.72. The Morgan fingerprint density at radius 1 is 1.16 bits per heavy atom. The number of fused-ring (bicyclic) bond motifs is 1. The molecule has 0 aliphatic rings. The summed E-state index contributed by atoms with van der Waals surface area (Å²) in [4.78, 5) is 4.08. The topological polar surface area (TPSA) is 71.2 Å². The Labute approximate surface area is 113 Å². The molecule has 4 heteroatoms. The van der Waals surface area contributed by atoms with Crippen LogP contribution in [0.1, 0.15) is 27.7 Å². The summed E-state index contributed by atoms with van der Waals surface area (Å²) in [6.07, 6.45) is 3.51. The highest BCUT2D eigenvalue weighted by Crippen LogP contribution is 2.33. The maximum Gasteiger partial charge on any atom is 0.0814 e. The van der Waals surface area contributed by atoms with Gasteiger partial charge in [0.05, 0.1) is 22.5 Å². The van der Waals surface area contributed by atoms with E-state index in [1.807, 2.05) is 32.0 Å². The van der Waals surface area contributed by atoms with Crippen molar-refractivity contribution in [3.63, 3.8) is 0 Å². The molecule has 19 heavy (non-hydrogen) atoms. The molecule has 0 atom stereocenters. The Kier molecular flexibility index (Phi) is 3.14. The molecular formula is C15H21N3O. The molecule has 0 fully saturated rings. The predicted molar refractivity (Wildman–Crippen MR) is 80.2 cm³/mol. The molecule has 0 saturated heterocycles.